The maximum absolute atomic E-state index is 13.0. The molecule has 0 bridgehead atoms. The van der Waals surface area contributed by atoms with Crippen molar-refractivity contribution in [3.8, 4) is 11.5 Å². The number of anilines is 1. The van der Waals surface area contributed by atoms with Crippen LogP contribution < -0.4 is 19.7 Å². The highest BCUT2D eigenvalue weighted by molar-refractivity contribution is 9.09. The summed E-state index contributed by atoms with van der Waals surface area (Å²) in [7, 11) is 0. The Labute approximate surface area is 182 Å². The molecule has 30 heavy (non-hydrogen) atoms. The Hall–Kier alpha value is -3.13. The Bertz CT molecular complexity index is 1020. The van der Waals surface area contributed by atoms with Gasteiger partial charge >= 0.3 is 6.03 Å². The van der Waals surface area contributed by atoms with E-state index in [1.54, 1.807) is 36.4 Å². The predicted molar refractivity (Wildman–Crippen MR) is 117 cm³/mol. The third-order valence-corrected chi connectivity index (χ3v) is 4.60. The molecule has 1 aliphatic rings. The van der Waals surface area contributed by atoms with E-state index in [1.807, 2.05) is 19.9 Å². The molecule has 8 heteroatoms. The van der Waals surface area contributed by atoms with Crippen LogP contribution in [0, 0.1) is 6.92 Å². The highest BCUT2D eigenvalue weighted by atomic mass is 79.9. The summed E-state index contributed by atoms with van der Waals surface area (Å²) in [6, 6.07) is 11.3. The number of hydrogen-bond acceptors (Lipinski definition) is 5. The number of nitrogens with one attached hydrogen (secondary N) is 1. The lowest BCUT2D eigenvalue weighted by atomic mass is 10.1. The van der Waals surface area contributed by atoms with Crippen molar-refractivity contribution in [1.82, 2.24) is 5.32 Å². The lowest BCUT2D eigenvalue weighted by molar-refractivity contribution is -0.122. The monoisotopic (exact) mass is 472 g/mol. The Morgan fingerprint density at radius 1 is 1.07 bits per heavy atom. The number of imide groups is 2. The van der Waals surface area contributed by atoms with Crippen molar-refractivity contribution in [3.05, 3.63) is 59.2 Å². The van der Waals surface area contributed by atoms with Gasteiger partial charge in [-0.15, -0.1) is 0 Å². The summed E-state index contributed by atoms with van der Waals surface area (Å²) in [5, 5.41) is 2.89. The molecular weight excluding hydrogens is 452 g/mol. The number of aryl methyl sites for hydroxylation is 1. The van der Waals surface area contributed by atoms with Crippen molar-refractivity contribution in [3.63, 3.8) is 0 Å². The molecule has 2 aromatic rings. The molecule has 3 rings (SSSR count). The minimum atomic E-state index is -0.777. The van der Waals surface area contributed by atoms with Crippen LogP contribution in [0.5, 0.6) is 11.5 Å². The molecule has 1 saturated heterocycles. The standard InChI is InChI=1S/C22H21BrN2O5/c1-3-29-19-13-15(7-8-18(19)30-10-9-23)12-17-20(26)24-22(28)25(21(17)27)16-6-4-5-14(2)11-16/h4-8,11-13H,3,9-10H2,1-2H3,(H,24,26,28)/b17-12-. The zero-order chi connectivity index (χ0) is 21.7. The average Bonchev–Trinajstić information content (AvgIpc) is 2.70. The largest absolute Gasteiger partial charge is 0.490 e. The third kappa shape index (κ3) is 4.71. The molecule has 1 fully saturated rings. The summed E-state index contributed by atoms with van der Waals surface area (Å²) in [5.74, 6) is -0.365. The number of ether oxygens (including phenoxy) is 2. The zero-order valence-electron chi connectivity index (χ0n) is 16.6. The maximum Gasteiger partial charge on any atom is 0.335 e. The van der Waals surface area contributed by atoms with Gasteiger partial charge in [0, 0.05) is 5.33 Å². The third-order valence-electron chi connectivity index (χ3n) is 4.27. The SMILES string of the molecule is CCOc1cc(/C=C2/C(=O)NC(=O)N(c3cccc(C)c3)C2=O)ccc1OCCBr. The molecule has 0 aliphatic carbocycles. The molecule has 1 N–H and O–H groups in total. The number of barbiturate groups is 1. The molecule has 1 aliphatic heterocycles. The number of hydrogen-bond donors (Lipinski definition) is 1. The topological polar surface area (TPSA) is 84.9 Å². The molecule has 4 amide bonds. The van der Waals surface area contributed by atoms with Gasteiger partial charge in [0.25, 0.3) is 11.8 Å². The Morgan fingerprint density at radius 3 is 2.57 bits per heavy atom. The van der Waals surface area contributed by atoms with Gasteiger partial charge in [-0.1, -0.05) is 34.1 Å². The van der Waals surface area contributed by atoms with E-state index >= 15 is 0 Å². The summed E-state index contributed by atoms with van der Waals surface area (Å²) in [6.07, 6.45) is 1.43. The summed E-state index contributed by atoms with van der Waals surface area (Å²) in [6.45, 7) is 4.60. The second kappa shape index (κ2) is 9.58. The van der Waals surface area contributed by atoms with Crippen molar-refractivity contribution in [2.45, 2.75) is 13.8 Å². The van der Waals surface area contributed by atoms with E-state index in [9.17, 15) is 14.4 Å². The highest BCUT2D eigenvalue weighted by Gasteiger charge is 2.36. The van der Waals surface area contributed by atoms with Crippen molar-refractivity contribution < 1.29 is 23.9 Å². The van der Waals surface area contributed by atoms with Crippen molar-refractivity contribution in [1.29, 1.82) is 0 Å². The van der Waals surface area contributed by atoms with Crippen molar-refractivity contribution >= 4 is 45.5 Å². The van der Waals surface area contributed by atoms with Gasteiger partial charge in [0.05, 0.1) is 18.9 Å². The maximum atomic E-state index is 13.0. The molecule has 0 spiro atoms. The molecule has 1 heterocycles. The predicted octanol–water partition coefficient (Wildman–Crippen LogP) is 3.83. The first-order valence-electron chi connectivity index (χ1n) is 9.38. The Balaban J connectivity index is 1.96. The van der Waals surface area contributed by atoms with Gasteiger partial charge in [-0.2, -0.15) is 0 Å². The van der Waals surface area contributed by atoms with Crippen LogP contribution >= 0.6 is 15.9 Å². The molecule has 0 saturated carbocycles. The van der Waals surface area contributed by atoms with Gasteiger partial charge in [0.1, 0.15) is 5.57 Å². The van der Waals surface area contributed by atoms with Crippen LogP contribution in [0.1, 0.15) is 18.1 Å². The van der Waals surface area contributed by atoms with Crippen LogP contribution in [-0.2, 0) is 9.59 Å². The Kier molecular flexibility index (Phi) is 6.89. The van der Waals surface area contributed by atoms with Gasteiger partial charge in [0.15, 0.2) is 11.5 Å². The van der Waals surface area contributed by atoms with E-state index < -0.39 is 17.8 Å². The smallest absolute Gasteiger partial charge is 0.335 e. The first-order valence-corrected chi connectivity index (χ1v) is 10.5. The molecule has 156 valence electrons. The van der Waals surface area contributed by atoms with Gasteiger partial charge in [0.2, 0.25) is 0 Å². The fourth-order valence-electron chi connectivity index (χ4n) is 2.98. The lowest BCUT2D eigenvalue weighted by Gasteiger charge is -2.26. The normalized spacial score (nSPS) is 15.4. The van der Waals surface area contributed by atoms with E-state index in [0.29, 0.717) is 41.3 Å². The second-order valence-electron chi connectivity index (χ2n) is 6.47. The van der Waals surface area contributed by atoms with Crippen LogP contribution in [0.2, 0.25) is 0 Å². The van der Waals surface area contributed by atoms with Gasteiger partial charge in [-0.3, -0.25) is 14.9 Å². The minimum Gasteiger partial charge on any atom is -0.490 e. The fourth-order valence-corrected chi connectivity index (χ4v) is 3.14. The quantitative estimate of drug-likeness (QED) is 0.376. The van der Waals surface area contributed by atoms with E-state index in [1.165, 1.54) is 6.08 Å². The van der Waals surface area contributed by atoms with E-state index in [0.717, 1.165) is 10.5 Å². The number of carbonyl (C=O) groups excluding carboxylic acids is 3. The van der Waals surface area contributed by atoms with Crippen LogP contribution in [0.4, 0.5) is 10.5 Å². The number of alkyl halides is 1. The van der Waals surface area contributed by atoms with Gasteiger partial charge in [-0.05, 0) is 55.3 Å². The van der Waals surface area contributed by atoms with E-state index in [4.69, 9.17) is 9.47 Å². The minimum absolute atomic E-state index is 0.146. The van der Waals surface area contributed by atoms with Crippen LogP contribution in [0.3, 0.4) is 0 Å². The molecule has 7 nitrogen and oxygen atoms in total. The molecule has 0 radical (unpaired) electrons. The molecule has 0 unspecified atom stereocenters. The number of urea groups is 1. The van der Waals surface area contributed by atoms with Crippen molar-refractivity contribution in [2.75, 3.05) is 23.4 Å². The van der Waals surface area contributed by atoms with Gasteiger partial charge in [-0.25, -0.2) is 9.69 Å². The van der Waals surface area contributed by atoms with E-state index in [-0.39, 0.29) is 5.57 Å². The number of benzene rings is 2. The molecule has 2 aromatic carbocycles. The van der Waals surface area contributed by atoms with Gasteiger partial charge < -0.3 is 9.47 Å². The number of amides is 4. The van der Waals surface area contributed by atoms with Crippen molar-refractivity contribution in [2.24, 2.45) is 0 Å². The zero-order valence-corrected chi connectivity index (χ0v) is 18.2. The molecular formula is C22H21BrN2O5. The summed E-state index contributed by atoms with van der Waals surface area (Å²) < 4.78 is 11.3. The highest BCUT2D eigenvalue weighted by Crippen LogP contribution is 2.30. The molecule has 0 aromatic heterocycles. The number of halogens is 1. The lowest BCUT2D eigenvalue weighted by Crippen LogP contribution is -2.54. The number of carbonyl (C=O) groups is 3. The van der Waals surface area contributed by atoms with Crippen LogP contribution in [0.25, 0.3) is 6.08 Å². The first-order chi connectivity index (χ1) is 14.4. The van der Waals surface area contributed by atoms with Crippen LogP contribution in [0.15, 0.2) is 48.0 Å². The Morgan fingerprint density at radius 2 is 1.87 bits per heavy atom. The van der Waals surface area contributed by atoms with Crippen LogP contribution in [-0.4, -0.2) is 36.4 Å². The molecule has 0 atom stereocenters. The fraction of sp³-hybridized carbons (Fsp3) is 0.227. The summed E-state index contributed by atoms with van der Waals surface area (Å²) in [5.41, 5.74) is 1.70. The average molecular weight is 473 g/mol. The summed E-state index contributed by atoms with van der Waals surface area (Å²) in [4.78, 5) is 38.6. The summed E-state index contributed by atoms with van der Waals surface area (Å²) >= 11 is 3.31. The number of rotatable bonds is 7. The van der Waals surface area contributed by atoms with E-state index in [2.05, 4.69) is 21.2 Å². The second-order valence-corrected chi connectivity index (χ2v) is 7.27. The number of nitrogens with zero attached hydrogens (tertiary/aromatic N) is 1. The first kappa shape index (κ1) is 21.6.